The maximum atomic E-state index is 13.1. The van der Waals surface area contributed by atoms with E-state index in [1.54, 1.807) is 0 Å². The van der Waals surface area contributed by atoms with Gasteiger partial charge in [-0.1, -0.05) is 325 Å². The molecular weight excluding hydrogens is 1230 g/mol. The van der Waals surface area contributed by atoms with Gasteiger partial charge < -0.3 is 33.8 Å². The van der Waals surface area contributed by atoms with Gasteiger partial charge in [-0.25, -0.2) is 9.13 Å². The van der Waals surface area contributed by atoms with Crippen LogP contribution in [0.2, 0.25) is 0 Å². The zero-order valence-electron chi connectivity index (χ0n) is 61.6. The molecule has 0 amide bonds. The van der Waals surface area contributed by atoms with Gasteiger partial charge in [0, 0.05) is 25.7 Å². The summed E-state index contributed by atoms with van der Waals surface area (Å²) in [4.78, 5) is 72.7. The number of carbonyl (C=O) groups excluding carboxylic acids is 4. The number of ether oxygens (including phenoxy) is 4. The Balaban J connectivity index is 5.22. The highest BCUT2D eigenvalue weighted by Gasteiger charge is 2.30. The van der Waals surface area contributed by atoms with E-state index < -0.39 is 97.5 Å². The molecule has 0 aliphatic rings. The van der Waals surface area contributed by atoms with Gasteiger partial charge in [0.15, 0.2) is 12.2 Å². The van der Waals surface area contributed by atoms with Gasteiger partial charge in [-0.2, -0.15) is 0 Å². The summed E-state index contributed by atoms with van der Waals surface area (Å²) in [5, 5.41) is 10.6. The van der Waals surface area contributed by atoms with Crippen LogP contribution in [0.5, 0.6) is 0 Å². The predicted octanol–water partition coefficient (Wildman–Crippen LogP) is 21.7. The molecule has 0 heterocycles. The monoisotopic (exact) mass is 1380 g/mol. The second-order valence-electron chi connectivity index (χ2n) is 28.9. The lowest BCUT2D eigenvalue weighted by molar-refractivity contribution is -0.161. The number of hydrogen-bond donors (Lipinski definition) is 3. The highest BCUT2D eigenvalue weighted by atomic mass is 31.2. The Morgan fingerprint density at radius 3 is 0.660 bits per heavy atom. The SMILES string of the molecule is CC(C)CCCCCCCCCCCCCCCCCC(=O)O[C@H](COC(=O)CCCCCCCCC(C)C)COP(=O)(O)OCC(O)COP(=O)(O)OC[C@@H](COC(=O)CCCCCCCCCCCCCC(C)C)OC(=O)CCCCCCCCCCCCC(C)C. The minimum absolute atomic E-state index is 0.105. The largest absolute Gasteiger partial charge is 0.472 e. The fourth-order valence-electron chi connectivity index (χ4n) is 11.4. The zero-order valence-corrected chi connectivity index (χ0v) is 63.4. The van der Waals surface area contributed by atoms with Gasteiger partial charge in [-0.3, -0.25) is 37.3 Å². The van der Waals surface area contributed by atoms with Gasteiger partial charge in [-0.05, 0) is 49.4 Å². The van der Waals surface area contributed by atoms with Gasteiger partial charge in [0.1, 0.15) is 19.3 Å². The van der Waals surface area contributed by atoms with Crippen LogP contribution in [0.1, 0.15) is 376 Å². The van der Waals surface area contributed by atoms with Crippen LogP contribution in [-0.2, 0) is 65.4 Å². The first-order valence-electron chi connectivity index (χ1n) is 38.7. The summed E-state index contributed by atoms with van der Waals surface area (Å²) in [6, 6.07) is 0. The molecule has 0 aliphatic carbocycles. The molecule has 0 aromatic rings. The highest BCUT2D eigenvalue weighted by molar-refractivity contribution is 7.47. The number of esters is 4. The van der Waals surface area contributed by atoms with Crippen LogP contribution < -0.4 is 0 Å². The van der Waals surface area contributed by atoms with Crippen molar-refractivity contribution in [3.63, 3.8) is 0 Å². The lowest BCUT2D eigenvalue weighted by Crippen LogP contribution is -2.30. The number of carbonyl (C=O) groups is 4. The van der Waals surface area contributed by atoms with E-state index in [0.717, 1.165) is 114 Å². The average Bonchev–Trinajstić information content (AvgIpc) is 1.89. The number of hydrogen-bond acceptors (Lipinski definition) is 15. The molecule has 0 saturated heterocycles. The minimum atomic E-state index is -4.96. The topological polar surface area (TPSA) is 237 Å². The van der Waals surface area contributed by atoms with Crippen molar-refractivity contribution in [2.45, 2.75) is 395 Å². The van der Waals surface area contributed by atoms with Gasteiger partial charge in [0.2, 0.25) is 0 Å². The molecule has 0 spiro atoms. The van der Waals surface area contributed by atoms with E-state index in [1.165, 1.54) is 173 Å². The molecule has 0 aliphatic heterocycles. The smallest absolute Gasteiger partial charge is 0.462 e. The number of rotatable bonds is 72. The third-order valence-corrected chi connectivity index (χ3v) is 19.2. The number of unbranched alkanes of at least 4 members (excludes halogenated alkanes) is 38. The quantitative estimate of drug-likeness (QED) is 0.0222. The first-order valence-corrected chi connectivity index (χ1v) is 41.7. The van der Waals surface area contributed by atoms with Crippen LogP contribution in [0.15, 0.2) is 0 Å². The maximum Gasteiger partial charge on any atom is 0.472 e. The fourth-order valence-corrected chi connectivity index (χ4v) is 13.0. The van der Waals surface area contributed by atoms with E-state index in [1.807, 2.05) is 0 Å². The van der Waals surface area contributed by atoms with Crippen LogP contribution >= 0.6 is 15.6 Å². The molecule has 94 heavy (non-hydrogen) atoms. The van der Waals surface area contributed by atoms with Crippen molar-refractivity contribution in [2.75, 3.05) is 39.6 Å². The molecule has 5 atom stereocenters. The van der Waals surface area contributed by atoms with Crippen molar-refractivity contribution in [1.82, 2.24) is 0 Å². The van der Waals surface area contributed by atoms with Crippen LogP contribution in [0, 0.1) is 23.7 Å². The maximum absolute atomic E-state index is 13.1. The van der Waals surface area contributed by atoms with Gasteiger partial charge in [-0.15, -0.1) is 0 Å². The summed E-state index contributed by atoms with van der Waals surface area (Å²) >= 11 is 0. The Labute approximate surface area is 575 Å². The summed E-state index contributed by atoms with van der Waals surface area (Å²) < 4.78 is 68.5. The molecule has 19 heteroatoms. The van der Waals surface area contributed by atoms with Crippen molar-refractivity contribution in [2.24, 2.45) is 23.7 Å². The summed E-state index contributed by atoms with van der Waals surface area (Å²) in [5.74, 6) is 0.881. The Kier molecular flexibility index (Phi) is 63.1. The molecule has 0 aromatic carbocycles. The number of aliphatic hydroxyl groups excluding tert-OH is 1. The Hall–Kier alpha value is -1.94. The van der Waals surface area contributed by atoms with Gasteiger partial charge in [0.05, 0.1) is 26.4 Å². The molecule has 3 N–H and O–H groups in total. The molecule has 0 fully saturated rings. The second-order valence-corrected chi connectivity index (χ2v) is 31.9. The van der Waals surface area contributed by atoms with Crippen molar-refractivity contribution >= 4 is 39.5 Å². The molecule has 558 valence electrons. The zero-order chi connectivity index (χ0) is 69.6. The van der Waals surface area contributed by atoms with Crippen LogP contribution in [0.3, 0.4) is 0 Å². The van der Waals surface area contributed by atoms with Crippen molar-refractivity contribution in [3.8, 4) is 0 Å². The Morgan fingerprint density at radius 2 is 0.447 bits per heavy atom. The van der Waals surface area contributed by atoms with E-state index in [0.29, 0.717) is 31.6 Å². The Bertz CT molecular complexity index is 1850. The van der Waals surface area contributed by atoms with Crippen LogP contribution in [-0.4, -0.2) is 96.7 Å². The van der Waals surface area contributed by atoms with E-state index in [2.05, 4.69) is 55.4 Å². The van der Waals surface area contributed by atoms with Gasteiger partial charge >= 0.3 is 39.5 Å². The molecule has 0 radical (unpaired) electrons. The van der Waals surface area contributed by atoms with Crippen LogP contribution in [0.4, 0.5) is 0 Å². The fraction of sp³-hybridized carbons (Fsp3) is 0.947. The predicted molar refractivity (Wildman–Crippen MR) is 381 cm³/mol. The Morgan fingerprint density at radius 1 is 0.266 bits per heavy atom. The number of aliphatic hydroxyl groups is 1. The molecule has 17 nitrogen and oxygen atoms in total. The molecule has 3 unspecified atom stereocenters. The lowest BCUT2D eigenvalue weighted by Gasteiger charge is -2.21. The van der Waals surface area contributed by atoms with Gasteiger partial charge in [0.25, 0.3) is 0 Å². The normalized spacial score (nSPS) is 14.2. The van der Waals surface area contributed by atoms with Crippen molar-refractivity contribution in [1.29, 1.82) is 0 Å². The van der Waals surface area contributed by atoms with Crippen molar-refractivity contribution < 1.29 is 80.2 Å². The summed E-state index contributed by atoms with van der Waals surface area (Å²) in [6.07, 6.45) is 48.7. The molecule has 0 bridgehead atoms. The standard InChI is InChI=1S/C75H146O17P2/c1-65(2)51-43-35-27-21-15-12-10-9-11-13-17-25-31-41-49-57-74(79)92-71(62-86-73(78)56-48-40-34-33-38-46-54-68(7)8)64-90-94(83,84)88-60-69(76)59-87-93(81,82)89-63-70(91-75(80)58-50-42-32-26-20-19-23-29-37-45-53-67(5)6)61-85-72(77)55-47-39-30-24-18-14-16-22-28-36-44-52-66(3)4/h65-71,76H,9-64H2,1-8H3,(H,81,82)(H,83,84)/t69?,70-,71-/m1/s1. The highest BCUT2D eigenvalue weighted by Crippen LogP contribution is 2.45. The lowest BCUT2D eigenvalue weighted by atomic mass is 10.0. The van der Waals surface area contributed by atoms with Crippen molar-refractivity contribution in [3.05, 3.63) is 0 Å². The van der Waals surface area contributed by atoms with E-state index in [4.69, 9.17) is 37.0 Å². The third-order valence-electron chi connectivity index (χ3n) is 17.3. The number of phosphoric ester groups is 2. The first kappa shape index (κ1) is 92.1. The van der Waals surface area contributed by atoms with E-state index >= 15 is 0 Å². The summed E-state index contributed by atoms with van der Waals surface area (Å²) in [5.41, 5.74) is 0. The van der Waals surface area contributed by atoms with E-state index in [-0.39, 0.29) is 25.7 Å². The molecular formula is C75H146O17P2. The second kappa shape index (κ2) is 64.4. The number of phosphoric acid groups is 2. The molecule has 0 aromatic heterocycles. The molecule has 0 rings (SSSR count). The van der Waals surface area contributed by atoms with Crippen LogP contribution in [0.25, 0.3) is 0 Å². The summed E-state index contributed by atoms with van der Waals surface area (Å²) in [6.45, 7) is 14.1. The average molecular weight is 1380 g/mol. The minimum Gasteiger partial charge on any atom is -0.462 e. The molecule has 0 saturated carbocycles. The third kappa shape index (κ3) is 68.6. The van der Waals surface area contributed by atoms with E-state index in [9.17, 15) is 43.2 Å². The summed E-state index contributed by atoms with van der Waals surface area (Å²) in [7, 11) is -9.91. The first-order chi connectivity index (χ1) is 45.1.